The molecule has 0 aromatic carbocycles. The fraction of sp³-hybridized carbons (Fsp3) is 0.714. The first-order chi connectivity index (χ1) is 12.5. The number of unbranched alkanes of at least 4 members (excludes halogenated alkanes) is 5. The maximum absolute atomic E-state index is 12.4. The van der Waals surface area contributed by atoms with Crippen molar-refractivity contribution in [2.75, 3.05) is 46.4 Å². The Hall–Kier alpha value is -1.14. The number of carbonyl (C=O) groups is 2. The van der Waals surface area contributed by atoms with Gasteiger partial charge >= 0.3 is 5.97 Å². The third-order valence-corrected chi connectivity index (χ3v) is 5.00. The Morgan fingerprint density at radius 2 is 1.81 bits per heavy atom. The van der Waals surface area contributed by atoms with Crippen molar-refractivity contribution in [2.45, 2.75) is 51.9 Å². The predicted molar refractivity (Wildman–Crippen MR) is 106 cm³/mol. The molecule has 0 bridgehead atoms. The summed E-state index contributed by atoms with van der Waals surface area (Å²) in [6.07, 6.45) is 13.2. The van der Waals surface area contributed by atoms with Crippen LogP contribution in [-0.2, 0) is 14.3 Å². The number of hydrogen-bond acceptors (Lipinski definition) is 3. The van der Waals surface area contributed by atoms with Gasteiger partial charge in [-0.05, 0) is 31.4 Å². The summed E-state index contributed by atoms with van der Waals surface area (Å²) in [6, 6.07) is 0. The van der Waals surface area contributed by atoms with Crippen LogP contribution in [0.25, 0.3) is 0 Å². The summed E-state index contributed by atoms with van der Waals surface area (Å²) in [5.41, 5.74) is 0. The van der Waals surface area contributed by atoms with Crippen LogP contribution in [0.3, 0.4) is 0 Å². The molecule has 1 unspecified atom stereocenters. The highest BCUT2D eigenvalue weighted by Crippen LogP contribution is 2.12. The summed E-state index contributed by atoms with van der Waals surface area (Å²) < 4.78 is 5.89. The van der Waals surface area contributed by atoms with E-state index in [1.807, 2.05) is 17.1 Å². The van der Waals surface area contributed by atoms with Gasteiger partial charge in [0.2, 0.25) is 5.91 Å². The first-order valence-corrected chi connectivity index (χ1v) is 10.00. The molecule has 0 saturated carbocycles. The van der Waals surface area contributed by atoms with Gasteiger partial charge in [0.05, 0.1) is 39.8 Å². The van der Waals surface area contributed by atoms with Crippen molar-refractivity contribution in [3.63, 3.8) is 0 Å². The van der Waals surface area contributed by atoms with Crippen molar-refractivity contribution in [3.05, 3.63) is 24.8 Å². The van der Waals surface area contributed by atoms with Crippen LogP contribution in [0.1, 0.15) is 51.9 Å². The summed E-state index contributed by atoms with van der Waals surface area (Å²) in [6.45, 7) is 10.6. The van der Waals surface area contributed by atoms with E-state index >= 15 is 0 Å². The van der Waals surface area contributed by atoms with E-state index in [0.29, 0.717) is 6.61 Å². The van der Waals surface area contributed by atoms with Crippen LogP contribution in [0.4, 0.5) is 0 Å². The maximum Gasteiger partial charge on any atom is 0.302 e. The number of rotatable bonds is 11. The zero-order chi connectivity index (χ0) is 19.3. The molecule has 1 amide bonds. The van der Waals surface area contributed by atoms with Crippen LogP contribution in [-0.4, -0.2) is 67.6 Å². The van der Waals surface area contributed by atoms with Gasteiger partial charge in [-0.3, -0.25) is 9.59 Å². The topological polar surface area (TPSA) is 46.6 Å². The van der Waals surface area contributed by atoms with Gasteiger partial charge in [0.15, 0.2) is 0 Å². The second-order valence-electron chi connectivity index (χ2n) is 7.52. The lowest BCUT2D eigenvalue weighted by Gasteiger charge is -2.32. The molecule has 0 N–H and O–H groups in total. The molecular formula is C21H37BrN2O3. The summed E-state index contributed by atoms with van der Waals surface area (Å²) in [5, 5.41) is 0. The van der Waals surface area contributed by atoms with Crippen LogP contribution >= 0.6 is 0 Å². The Labute approximate surface area is 175 Å². The summed E-state index contributed by atoms with van der Waals surface area (Å²) in [5.74, 6) is -0.0491. The third-order valence-electron chi connectivity index (χ3n) is 5.00. The van der Waals surface area contributed by atoms with Crippen molar-refractivity contribution in [3.8, 4) is 0 Å². The van der Waals surface area contributed by atoms with Crippen molar-refractivity contribution >= 4 is 11.9 Å². The van der Waals surface area contributed by atoms with Gasteiger partial charge in [0, 0.05) is 19.9 Å². The second kappa shape index (κ2) is 14.9. The molecular weight excluding hydrogens is 408 g/mol. The molecule has 0 aliphatic carbocycles. The van der Waals surface area contributed by atoms with E-state index in [1.165, 1.54) is 6.92 Å². The van der Waals surface area contributed by atoms with E-state index in [2.05, 4.69) is 13.6 Å². The molecule has 1 aliphatic heterocycles. The largest absolute Gasteiger partial charge is 1.00 e. The van der Waals surface area contributed by atoms with Crippen LogP contribution < -0.4 is 17.0 Å². The number of carbonyl (C=O) groups excluding carboxylic acids is 2. The van der Waals surface area contributed by atoms with Gasteiger partial charge < -0.3 is 31.1 Å². The molecule has 1 rings (SSSR count). The molecule has 1 fully saturated rings. The molecule has 0 spiro atoms. The number of likely N-dealkylation sites (N-methyl/N-ethyl adjacent to an activating group) is 1. The molecule has 156 valence electrons. The molecule has 1 atom stereocenters. The molecule has 6 heteroatoms. The number of allylic oxidation sites excluding steroid dienone is 1. The molecule has 1 heterocycles. The van der Waals surface area contributed by atoms with E-state index < -0.39 is 0 Å². The minimum atomic E-state index is -0.200. The van der Waals surface area contributed by atoms with Gasteiger partial charge in [-0.2, -0.15) is 0 Å². The normalized spacial score (nSPS) is 20.0. The first kappa shape index (κ1) is 25.9. The zero-order valence-electron chi connectivity index (χ0n) is 17.1. The van der Waals surface area contributed by atoms with Gasteiger partial charge in [-0.15, -0.1) is 0 Å². The summed E-state index contributed by atoms with van der Waals surface area (Å²) in [7, 11) is 2.25. The van der Waals surface area contributed by atoms with Crippen LogP contribution in [0, 0.1) is 0 Å². The van der Waals surface area contributed by atoms with Crippen molar-refractivity contribution in [2.24, 2.45) is 0 Å². The lowest BCUT2D eigenvalue weighted by Crippen LogP contribution is -3.00. The van der Waals surface area contributed by atoms with Gasteiger partial charge in [-0.25, -0.2) is 0 Å². The van der Waals surface area contributed by atoms with Crippen LogP contribution in [0.2, 0.25) is 0 Å². The number of amides is 1. The first-order valence-electron chi connectivity index (χ1n) is 10.00. The second-order valence-corrected chi connectivity index (χ2v) is 7.52. The van der Waals surface area contributed by atoms with Crippen molar-refractivity contribution < 1.29 is 35.8 Å². The highest BCUT2D eigenvalue weighted by atomic mass is 79.9. The molecule has 1 saturated heterocycles. The van der Waals surface area contributed by atoms with Gasteiger partial charge in [0.1, 0.15) is 0 Å². The number of halogens is 1. The van der Waals surface area contributed by atoms with E-state index in [9.17, 15) is 9.59 Å². The average molecular weight is 445 g/mol. The molecule has 0 aromatic heterocycles. The van der Waals surface area contributed by atoms with Crippen LogP contribution in [0.15, 0.2) is 24.8 Å². The number of hydrogen-bond donors (Lipinski definition) is 0. The monoisotopic (exact) mass is 444 g/mol. The molecule has 0 aromatic rings. The number of esters is 1. The average Bonchev–Trinajstić information content (AvgIpc) is 2.78. The van der Waals surface area contributed by atoms with Crippen molar-refractivity contribution in [1.29, 1.82) is 0 Å². The number of quaternary nitrogens is 1. The van der Waals surface area contributed by atoms with E-state index in [0.717, 1.165) is 82.2 Å². The number of ether oxygens (including phenoxy) is 1. The van der Waals surface area contributed by atoms with E-state index in [-0.39, 0.29) is 28.9 Å². The Bertz CT molecular complexity index is 482. The fourth-order valence-electron chi connectivity index (χ4n) is 3.34. The lowest BCUT2D eigenvalue weighted by molar-refractivity contribution is -0.901. The quantitative estimate of drug-likeness (QED) is 0.151. The SMILES string of the molecule is C=CC[N+]1(C)CCCN(C(=O)/C=C/CCCCCCCOC(C)=O)CC1.[Br-]. The molecule has 0 radical (unpaired) electrons. The highest BCUT2D eigenvalue weighted by molar-refractivity contribution is 5.87. The zero-order valence-corrected chi connectivity index (χ0v) is 18.7. The minimum Gasteiger partial charge on any atom is -1.00 e. The Kier molecular flexibility index (Phi) is 14.2. The minimum absolute atomic E-state index is 0. The molecule has 27 heavy (non-hydrogen) atoms. The third kappa shape index (κ3) is 12.0. The molecule has 5 nitrogen and oxygen atoms in total. The smallest absolute Gasteiger partial charge is 0.302 e. The maximum atomic E-state index is 12.4. The molecule has 1 aliphatic rings. The highest BCUT2D eigenvalue weighted by Gasteiger charge is 2.26. The Morgan fingerprint density at radius 3 is 2.52 bits per heavy atom. The lowest BCUT2D eigenvalue weighted by atomic mass is 10.1. The standard InChI is InChI=1S/C21H37N2O3.BrH/c1-4-16-23(3)17-12-14-22(15-18-23)21(25)13-10-8-6-5-7-9-11-19-26-20(2)24;/h4,10,13H,1,5-9,11-12,14-19H2,2-3H3;1H/q+1;/p-1/b13-10+;. The summed E-state index contributed by atoms with van der Waals surface area (Å²) in [4.78, 5) is 25.0. The van der Waals surface area contributed by atoms with Gasteiger partial charge in [-0.1, -0.05) is 31.9 Å². The van der Waals surface area contributed by atoms with E-state index in [1.54, 1.807) is 6.08 Å². The van der Waals surface area contributed by atoms with E-state index in [4.69, 9.17) is 4.74 Å². The Balaban J connectivity index is 0.00000676. The predicted octanol–water partition coefficient (Wildman–Crippen LogP) is 0.315. The van der Waals surface area contributed by atoms with Gasteiger partial charge in [0.25, 0.3) is 0 Å². The number of nitrogens with zero attached hydrogens (tertiary/aromatic N) is 2. The summed E-state index contributed by atoms with van der Waals surface area (Å²) >= 11 is 0. The van der Waals surface area contributed by atoms with Crippen molar-refractivity contribution in [1.82, 2.24) is 4.90 Å². The Morgan fingerprint density at radius 1 is 1.11 bits per heavy atom. The fourth-order valence-corrected chi connectivity index (χ4v) is 3.34. The van der Waals surface area contributed by atoms with Crippen LogP contribution in [0.5, 0.6) is 0 Å².